The van der Waals surface area contributed by atoms with Gasteiger partial charge in [-0.2, -0.15) is 15.8 Å². The molecule has 3 heterocycles. The van der Waals surface area contributed by atoms with Gasteiger partial charge in [0.2, 0.25) is 0 Å². The molecule has 12 nitrogen and oxygen atoms in total. The molecule has 3 aromatic rings. The molecule has 0 aliphatic carbocycles. The van der Waals surface area contributed by atoms with Crippen LogP contribution in [0.4, 0.5) is 0 Å². The first kappa shape index (κ1) is 22.0. The molecule has 3 rings (SSSR count). The van der Waals surface area contributed by atoms with Gasteiger partial charge in [-0.05, 0) is 24.3 Å². The van der Waals surface area contributed by atoms with Crippen LogP contribution in [-0.4, -0.2) is 48.2 Å². The standard InChI is InChI=1S/C21H8N6O6/c22-6-11-16(8-24)27-18(12(7-23)17(11)21(32)33)15-5-10(20(30)31)4-14(26-15)13-3-9(19(28)29)1-2-25-13/h1-5H,(H,28,29)(H,30,31)(H,32,33). The minimum absolute atomic E-state index is 0.0228. The molecule has 12 heteroatoms. The fourth-order valence-electron chi connectivity index (χ4n) is 2.89. The van der Waals surface area contributed by atoms with Gasteiger partial charge in [0.25, 0.3) is 0 Å². The lowest BCUT2D eigenvalue weighted by atomic mass is 9.97. The molecule has 3 N–H and O–H groups in total. The molecule has 0 saturated heterocycles. The Balaban J connectivity index is 2.41. The molecule has 3 aromatic heterocycles. The zero-order valence-corrected chi connectivity index (χ0v) is 16.1. The van der Waals surface area contributed by atoms with Crippen LogP contribution in [0.1, 0.15) is 47.9 Å². The summed E-state index contributed by atoms with van der Waals surface area (Å²) in [5.41, 5.74) is -4.00. The maximum atomic E-state index is 11.8. The summed E-state index contributed by atoms with van der Waals surface area (Å²) >= 11 is 0. The van der Waals surface area contributed by atoms with Gasteiger partial charge in [0.05, 0.1) is 33.8 Å². The normalized spacial score (nSPS) is 9.85. The molecule has 0 unspecified atom stereocenters. The molecule has 33 heavy (non-hydrogen) atoms. The van der Waals surface area contributed by atoms with Gasteiger partial charge < -0.3 is 15.3 Å². The van der Waals surface area contributed by atoms with Crippen LogP contribution in [0.2, 0.25) is 0 Å². The van der Waals surface area contributed by atoms with Crippen molar-refractivity contribution in [3.63, 3.8) is 0 Å². The first-order valence-electron chi connectivity index (χ1n) is 8.68. The summed E-state index contributed by atoms with van der Waals surface area (Å²) in [5.74, 6) is -4.35. The average molecular weight is 440 g/mol. The molecule has 0 amide bonds. The van der Waals surface area contributed by atoms with E-state index in [-0.39, 0.29) is 28.2 Å². The Hall–Kier alpha value is -5.67. The third-order valence-electron chi connectivity index (χ3n) is 4.32. The van der Waals surface area contributed by atoms with E-state index in [9.17, 15) is 45.5 Å². The van der Waals surface area contributed by atoms with Crippen LogP contribution in [0.5, 0.6) is 0 Å². The van der Waals surface area contributed by atoms with Crippen LogP contribution in [0.25, 0.3) is 22.8 Å². The predicted octanol–water partition coefficient (Wildman–Crippen LogP) is 1.92. The third-order valence-corrected chi connectivity index (χ3v) is 4.32. The summed E-state index contributed by atoms with van der Waals surface area (Å²) in [6.07, 6.45) is 1.17. The predicted molar refractivity (Wildman–Crippen MR) is 106 cm³/mol. The van der Waals surface area contributed by atoms with Crippen molar-refractivity contribution < 1.29 is 29.7 Å². The summed E-state index contributed by atoms with van der Waals surface area (Å²) < 4.78 is 0. The van der Waals surface area contributed by atoms with Crippen LogP contribution < -0.4 is 0 Å². The van der Waals surface area contributed by atoms with E-state index in [0.29, 0.717) is 0 Å². The highest BCUT2D eigenvalue weighted by molar-refractivity contribution is 5.97. The highest BCUT2D eigenvalue weighted by Crippen LogP contribution is 2.29. The summed E-state index contributed by atoms with van der Waals surface area (Å²) in [5, 5.41) is 56.4. The second-order valence-corrected chi connectivity index (χ2v) is 6.24. The summed E-state index contributed by atoms with van der Waals surface area (Å²) in [4.78, 5) is 46.7. The topological polar surface area (TPSA) is 222 Å². The molecule has 0 bridgehead atoms. The Morgan fingerprint density at radius 1 is 0.727 bits per heavy atom. The van der Waals surface area contributed by atoms with Crippen LogP contribution in [0.15, 0.2) is 30.5 Å². The van der Waals surface area contributed by atoms with Crippen LogP contribution in [-0.2, 0) is 0 Å². The van der Waals surface area contributed by atoms with Crippen LogP contribution >= 0.6 is 0 Å². The number of aromatic nitrogens is 3. The van der Waals surface area contributed by atoms with Gasteiger partial charge in [-0.1, -0.05) is 0 Å². The number of nitrogens with zero attached hydrogens (tertiary/aromatic N) is 6. The monoisotopic (exact) mass is 440 g/mol. The molecule has 0 spiro atoms. The van der Waals surface area contributed by atoms with Crippen molar-refractivity contribution >= 4 is 17.9 Å². The van der Waals surface area contributed by atoms with Gasteiger partial charge in [0.15, 0.2) is 5.69 Å². The maximum Gasteiger partial charge on any atom is 0.338 e. The number of carboxylic acid groups (broad SMARTS) is 3. The average Bonchev–Trinajstić information content (AvgIpc) is 2.81. The van der Waals surface area contributed by atoms with E-state index in [2.05, 4.69) is 15.0 Å². The summed E-state index contributed by atoms with van der Waals surface area (Å²) in [6.45, 7) is 0. The largest absolute Gasteiger partial charge is 0.478 e. The van der Waals surface area contributed by atoms with Gasteiger partial charge in [0.1, 0.15) is 35.0 Å². The van der Waals surface area contributed by atoms with Crippen LogP contribution in [0, 0.1) is 34.0 Å². The highest BCUT2D eigenvalue weighted by atomic mass is 16.4. The fourth-order valence-corrected chi connectivity index (χ4v) is 2.89. The van der Waals surface area contributed by atoms with E-state index in [4.69, 9.17) is 0 Å². The lowest BCUT2D eigenvalue weighted by Crippen LogP contribution is -2.11. The Labute approximate surface area is 183 Å². The minimum Gasteiger partial charge on any atom is -0.478 e. The number of aromatic carboxylic acids is 3. The second kappa shape index (κ2) is 8.60. The van der Waals surface area contributed by atoms with Crippen LogP contribution in [0.3, 0.4) is 0 Å². The first-order valence-corrected chi connectivity index (χ1v) is 8.68. The molecule has 0 saturated carbocycles. The summed E-state index contributed by atoms with van der Waals surface area (Å²) in [6, 6.07) is 9.17. The lowest BCUT2D eigenvalue weighted by Gasteiger charge is -2.11. The Kier molecular flexibility index (Phi) is 5.74. The van der Waals surface area contributed by atoms with Crippen molar-refractivity contribution in [3.05, 3.63) is 64.0 Å². The first-order chi connectivity index (χ1) is 15.7. The molecule has 0 radical (unpaired) electrons. The Morgan fingerprint density at radius 2 is 1.33 bits per heavy atom. The second-order valence-electron chi connectivity index (χ2n) is 6.24. The number of rotatable bonds is 5. The number of hydrogen-bond acceptors (Lipinski definition) is 9. The van der Waals surface area contributed by atoms with E-state index in [1.165, 1.54) is 18.3 Å². The van der Waals surface area contributed by atoms with Gasteiger partial charge in [0, 0.05) is 6.20 Å². The van der Waals surface area contributed by atoms with Crippen molar-refractivity contribution in [1.82, 2.24) is 15.0 Å². The van der Waals surface area contributed by atoms with Gasteiger partial charge >= 0.3 is 17.9 Å². The summed E-state index contributed by atoms with van der Waals surface area (Å²) in [7, 11) is 0. The minimum atomic E-state index is -1.67. The molecule has 158 valence electrons. The number of carboxylic acids is 3. The van der Waals surface area contributed by atoms with Crippen molar-refractivity contribution in [1.29, 1.82) is 15.8 Å². The highest BCUT2D eigenvalue weighted by Gasteiger charge is 2.27. The van der Waals surface area contributed by atoms with Crippen molar-refractivity contribution in [3.8, 4) is 41.0 Å². The quantitative estimate of drug-likeness (QED) is 0.517. The molecule has 0 fully saturated rings. The van der Waals surface area contributed by atoms with E-state index < -0.39 is 46.0 Å². The van der Waals surface area contributed by atoms with E-state index in [1.54, 1.807) is 12.1 Å². The fraction of sp³-hybridized carbons (Fsp3) is 0. The zero-order valence-electron chi connectivity index (χ0n) is 16.1. The number of hydrogen-bond donors (Lipinski definition) is 3. The molecular formula is C21H8N6O6. The SMILES string of the molecule is N#Cc1nc(-c2cc(C(=O)O)cc(-c3cc(C(=O)O)ccn3)n2)c(C#N)c(C(=O)O)c1C#N. The van der Waals surface area contributed by atoms with Crippen molar-refractivity contribution in [2.24, 2.45) is 0 Å². The molecular weight excluding hydrogens is 432 g/mol. The third kappa shape index (κ3) is 4.01. The Morgan fingerprint density at radius 3 is 1.88 bits per heavy atom. The number of carbonyl (C=O) groups is 3. The number of nitriles is 3. The molecule has 0 aromatic carbocycles. The van der Waals surface area contributed by atoms with Crippen molar-refractivity contribution in [2.75, 3.05) is 0 Å². The van der Waals surface area contributed by atoms with E-state index >= 15 is 0 Å². The van der Waals surface area contributed by atoms with Crippen molar-refractivity contribution in [2.45, 2.75) is 0 Å². The lowest BCUT2D eigenvalue weighted by molar-refractivity contribution is 0.0685. The molecule has 0 aliphatic rings. The smallest absolute Gasteiger partial charge is 0.338 e. The van der Waals surface area contributed by atoms with Gasteiger partial charge in [-0.3, -0.25) is 4.98 Å². The molecule has 0 aliphatic heterocycles. The maximum absolute atomic E-state index is 11.8. The van der Waals surface area contributed by atoms with E-state index in [0.717, 1.165) is 18.2 Å². The zero-order chi connectivity index (χ0) is 24.3. The molecule has 0 atom stereocenters. The Bertz CT molecular complexity index is 1490. The van der Waals surface area contributed by atoms with E-state index in [1.807, 2.05) is 0 Å². The van der Waals surface area contributed by atoms with Gasteiger partial charge in [-0.25, -0.2) is 24.4 Å². The number of pyridine rings is 3. The van der Waals surface area contributed by atoms with Gasteiger partial charge in [-0.15, -0.1) is 0 Å².